The zero-order valence-electron chi connectivity index (χ0n) is 21.9. The van der Waals surface area contributed by atoms with E-state index in [-0.39, 0.29) is 29.9 Å². The third kappa shape index (κ3) is 6.78. The van der Waals surface area contributed by atoms with Crippen molar-refractivity contribution >= 4 is 29.2 Å². The predicted octanol–water partition coefficient (Wildman–Crippen LogP) is 2.77. The molecule has 1 aromatic heterocycles. The normalized spacial score (nSPS) is 22.2. The van der Waals surface area contributed by atoms with Gasteiger partial charge in [0.25, 0.3) is 5.91 Å². The van der Waals surface area contributed by atoms with Crippen molar-refractivity contribution in [1.29, 1.82) is 5.26 Å². The van der Waals surface area contributed by atoms with Crippen LogP contribution in [-0.4, -0.2) is 78.3 Å². The lowest BCUT2D eigenvalue weighted by atomic mass is 9.92. The number of aromatic nitrogens is 2. The summed E-state index contributed by atoms with van der Waals surface area (Å²) in [6, 6.07) is 10.8. The molecule has 11 heteroatoms. The fourth-order valence-electron chi connectivity index (χ4n) is 5.55. The van der Waals surface area contributed by atoms with Crippen molar-refractivity contribution in [3.05, 3.63) is 46.6 Å². The van der Waals surface area contributed by atoms with Gasteiger partial charge in [-0.15, -0.1) is 10.2 Å². The molecule has 0 radical (unpaired) electrons. The largest absolute Gasteiger partial charge is 0.490 e. The van der Waals surface area contributed by atoms with Crippen molar-refractivity contribution < 1.29 is 14.3 Å². The molecule has 206 valence electrons. The van der Waals surface area contributed by atoms with E-state index in [1.807, 2.05) is 17.0 Å². The SMILES string of the molecule is N#Cc1ccc(OC2CCC(NC(=O)c3ccc(N4CCC(C(=O)N5CCNCC5)CC4)nn3)CC2)cc1Cl. The van der Waals surface area contributed by atoms with Gasteiger partial charge in [0.2, 0.25) is 5.91 Å². The monoisotopic (exact) mass is 551 g/mol. The Hall–Kier alpha value is -3.42. The van der Waals surface area contributed by atoms with Crippen LogP contribution in [0.5, 0.6) is 5.75 Å². The molecular formula is C28H34ClN7O3. The lowest BCUT2D eigenvalue weighted by Crippen LogP contribution is -2.50. The first-order valence-electron chi connectivity index (χ1n) is 13.8. The van der Waals surface area contributed by atoms with Crippen LogP contribution in [0, 0.1) is 17.2 Å². The second-order valence-electron chi connectivity index (χ2n) is 10.4. The van der Waals surface area contributed by atoms with Crippen LogP contribution in [-0.2, 0) is 4.79 Å². The Labute approximate surface area is 233 Å². The molecule has 5 rings (SSSR count). The number of halogens is 1. The van der Waals surface area contributed by atoms with E-state index >= 15 is 0 Å². The van der Waals surface area contributed by atoms with Crippen LogP contribution in [0.1, 0.15) is 54.6 Å². The van der Waals surface area contributed by atoms with E-state index < -0.39 is 0 Å². The summed E-state index contributed by atoms with van der Waals surface area (Å²) in [7, 11) is 0. The Balaban J connectivity index is 1.05. The van der Waals surface area contributed by atoms with Crippen molar-refractivity contribution in [2.75, 3.05) is 44.2 Å². The van der Waals surface area contributed by atoms with Crippen LogP contribution in [0.2, 0.25) is 5.02 Å². The van der Waals surface area contributed by atoms with Crippen molar-refractivity contribution in [2.24, 2.45) is 5.92 Å². The van der Waals surface area contributed by atoms with Crippen LogP contribution < -0.4 is 20.3 Å². The summed E-state index contributed by atoms with van der Waals surface area (Å²) in [5.41, 5.74) is 0.724. The summed E-state index contributed by atoms with van der Waals surface area (Å²) in [5, 5.41) is 24.3. The summed E-state index contributed by atoms with van der Waals surface area (Å²) in [4.78, 5) is 29.7. The first kappa shape index (κ1) is 27.2. The number of benzene rings is 1. The Morgan fingerprint density at radius 1 is 1.00 bits per heavy atom. The fraction of sp³-hybridized carbons (Fsp3) is 0.536. The number of nitrogens with one attached hydrogen (secondary N) is 2. The minimum atomic E-state index is -0.224. The number of piperazine rings is 1. The molecule has 0 spiro atoms. The van der Waals surface area contributed by atoms with Crippen molar-refractivity contribution in [2.45, 2.75) is 50.7 Å². The van der Waals surface area contributed by atoms with Gasteiger partial charge in [-0.3, -0.25) is 9.59 Å². The zero-order valence-corrected chi connectivity index (χ0v) is 22.7. The second-order valence-corrected chi connectivity index (χ2v) is 10.8. The third-order valence-electron chi connectivity index (χ3n) is 7.85. The summed E-state index contributed by atoms with van der Waals surface area (Å²) >= 11 is 6.10. The zero-order chi connectivity index (χ0) is 27.2. The average Bonchev–Trinajstić information content (AvgIpc) is 2.98. The molecule has 1 saturated carbocycles. The van der Waals surface area contributed by atoms with Gasteiger partial charge >= 0.3 is 0 Å². The van der Waals surface area contributed by atoms with Crippen LogP contribution in [0.25, 0.3) is 0 Å². The van der Waals surface area contributed by atoms with E-state index in [1.54, 1.807) is 24.3 Å². The maximum Gasteiger partial charge on any atom is 0.272 e. The van der Waals surface area contributed by atoms with Gasteiger partial charge in [0.15, 0.2) is 11.5 Å². The molecule has 2 aromatic rings. The molecule has 39 heavy (non-hydrogen) atoms. The number of hydrogen-bond donors (Lipinski definition) is 2. The highest BCUT2D eigenvalue weighted by Gasteiger charge is 2.30. The number of piperidine rings is 1. The number of hydrogen-bond acceptors (Lipinski definition) is 8. The van der Waals surface area contributed by atoms with Crippen LogP contribution in [0.3, 0.4) is 0 Å². The topological polar surface area (TPSA) is 123 Å². The van der Waals surface area contributed by atoms with E-state index in [1.165, 1.54) is 0 Å². The molecule has 3 fully saturated rings. The standard InChI is InChI=1S/C28H34ClN7O3/c29-24-17-23(4-1-20(24)18-30)39-22-5-2-21(3-6-22)32-27(37)25-7-8-26(34-33-25)35-13-9-19(10-14-35)28(38)36-15-11-31-12-16-36/h1,4,7-8,17,19,21-22,31H,2-3,5-6,9-16H2,(H,32,37). The Kier molecular flexibility index (Phi) is 8.79. The fourth-order valence-corrected chi connectivity index (χ4v) is 5.76. The Morgan fingerprint density at radius 3 is 2.38 bits per heavy atom. The van der Waals surface area contributed by atoms with Gasteiger partial charge in [0, 0.05) is 57.3 Å². The molecule has 0 bridgehead atoms. The molecule has 1 aromatic carbocycles. The molecule has 2 N–H and O–H groups in total. The highest BCUT2D eigenvalue weighted by molar-refractivity contribution is 6.31. The lowest BCUT2D eigenvalue weighted by molar-refractivity contribution is -0.136. The summed E-state index contributed by atoms with van der Waals surface area (Å²) in [6.45, 7) is 4.82. The smallest absolute Gasteiger partial charge is 0.272 e. The van der Waals surface area contributed by atoms with Crippen LogP contribution in [0.4, 0.5) is 5.82 Å². The minimum absolute atomic E-state index is 0.0394. The third-order valence-corrected chi connectivity index (χ3v) is 8.17. The molecule has 2 amide bonds. The number of carbonyl (C=O) groups excluding carboxylic acids is 2. The van der Waals surface area contributed by atoms with E-state index in [9.17, 15) is 9.59 Å². The van der Waals surface area contributed by atoms with Crippen LogP contribution in [0.15, 0.2) is 30.3 Å². The van der Waals surface area contributed by atoms with Crippen LogP contribution >= 0.6 is 11.6 Å². The quantitative estimate of drug-likeness (QED) is 0.562. The van der Waals surface area contributed by atoms with E-state index in [2.05, 4.69) is 25.7 Å². The van der Waals surface area contributed by atoms with Gasteiger partial charge < -0.3 is 25.2 Å². The highest BCUT2D eigenvalue weighted by atomic mass is 35.5. The van der Waals surface area contributed by atoms with Gasteiger partial charge in [-0.2, -0.15) is 5.26 Å². The van der Waals surface area contributed by atoms with Gasteiger partial charge in [-0.1, -0.05) is 11.6 Å². The molecule has 2 saturated heterocycles. The summed E-state index contributed by atoms with van der Waals surface area (Å²) in [5.74, 6) is 1.50. The highest BCUT2D eigenvalue weighted by Crippen LogP contribution is 2.28. The van der Waals surface area contributed by atoms with Gasteiger partial charge in [0.1, 0.15) is 11.8 Å². The maximum atomic E-state index is 12.8. The van der Waals surface area contributed by atoms with Gasteiger partial charge in [-0.25, -0.2) is 0 Å². The lowest BCUT2D eigenvalue weighted by Gasteiger charge is -2.36. The van der Waals surface area contributed by atoms with Crippen molar-refractivity contribution in [3.8, 4) is 11.8 Å². The Bertz CT molecular complexity index is 1200. The molecule has 3 heterocycles. The molecule has 0 atom stereocenters. The predicted molar refractivity (Wildman–Crippen MR) is 147 cm³/mol. The average molecular weight is 552 g/mol. The molecule has 2 aliphatic heterocycles. The molecule has 1 aliphatic carbocycles. The second kappa shape index (κ2) is 12.6. The first-order valence-corrected chi connectivity index (χ1v) is 14.1. The van der Waals surface area contributed by atoms with Gasteiger partial charge in [-0.05, 0) is 62.8 Å². The molecule has 3 aliphatic rings. The van der Waals surface area contributed by atoms with E-state index in [4.69, 9.17) is 21.6 Å². The first-order chi connectivity index (χ1) is 19.0. The van der Waals surface area contributed by atoms with Gasteiger partial charge in [0.05, 0.1) is 16.7 Å². The maximum absolute atomic E-state index is 12.8. The number of nitriles is 1. The minimum Gasteiger partial charge on any atom is -0.490 e. The molecule has 0 unspecified atom stereocenters. The van der Waals surface area contributed by atoms with Crippen molar-refractivity contribution in [3.63, 3.8) is 0 Å². The molecular weight excluding hydrogens is 518 g/mol. The molecule has 10 nitrogen and oxygen atoms in total. The number of ether oxygens (including phenoxy) is 1. The van der Waals surface area contributed by atoms with E-state index in [0.717, 1.165) is 83.6 Å². The number of carbonyl (C=O) groups is 2. The number of nitrogens with zero attached hydrogens (tertiary/aromatic N) is 5. The number of anilines is 1. The number of rotatable bonds is 6. The van der Waals surface area contributed by atoms with Crippen molar-refractivity contribution in [1.82, 2.24) is 25.7 Å². The summed E-state index contributed by atoms with van der Waals surface area (Å²) in [6.07, 6.45) is 4.86. The van der Waals surface area contributed by atoms with E-state index in [0.29, 0.717) is 22.0 Å². The Morgan fingerprint density at radius 2 is 1.74 bits per heavy atom. The summed E-state index contributed by atoms with van der Waals surface area (Å²) < 4.78 is 6.04. The number of amides is 2.